The number of Topliss-reactive ketones (excluding diaryl/α,β-unsaturated/α-hetero) is 1. The van der Waals surface area contributed by atoms with Crippen LogP contribution in [0.4, 0.5) is 0 Å². The quantitative estimate of drug-likeness (QED) is 0.351. The molecule has 0 spiro atoms. The lowest BCUT2D eigenvalue weighted by Crippen LogP contribution is -2.26. The standard InChI is InChI=1S/C26H28ClNO4/c1-30-24-15-20(16-25(31-2)26(24)32-3)18-28(17-19-7-5-4-6-8-19)14-13-23(29)21-9-11-22(27)12-10-21/h4-12,15-16H,13-14,17-18H2,1-3H3. The number of carbonyl (C=O) groups excluding carboxylic acids is 1. The zero-order valence-corrected chi connectivity index (χ0v) is 19.4. The fourth-order valence-corrected chi connectivity index (χ4v) is 3.71. The van der Waals surface area contributed by atoms with Crippen molar-refractivity contribution in [2.75, 3.05) is 27.9 Å². The molecule has 32 heavy (non-hydrogen) atoms. The maximum Gasteiger partial charge on any atom is 0.203 e. The maximum absolute atomic E-state index is 12.7. The molecule has 0 N–H and O–H groups in total. The number of benzene rings is 3. The van der Waals surface area contributed by atoms with Crippen molar-refractivity contribution >= 4 is 17.4 Å². The van der Waals surface area contributed by atoms with Gasteiger partial charge in [0.25, 0.3) is 0 Å². The Morgan fingerprint density at radius 1 is 0.812 bits per heavy atom. The highest BCUT2D eigenvalue weighted by Gasteiger charge is 2.16. The van der Waals surface area contributed by atoms with Crippen LogP contribution in [0.5, 0.6) is 17.2 Å². The van der Waals surface area contributed by atoms with E-state index in [1.165, 1.54) is 5.56 Å². The van der Waals surface area contributed by atoms with Gasteiger partial charge in [0.1, 0.15) is 0 Å². The molecule has 0 aliphatic rings. The third kappa shape index (κ3) is 6.25. The van der Waals surface area contributed by atoms with E-state index in [-0.39, 0.29) is 5.78 Å². The lowest BCUT2D eigenvalue weighted by Gasteiger charge is -2.23. The Hall–Kier alpha value is -3.02. The van der Waals surface area contributed by atoms with Gasteiger partial charge in [-0.2, -0.15) is 0 Å². The molecule has 0 aromatic heterocycles. The Morgan fingerprint density at radius 2 is 1.41 bits per heavy atom. The van der Waals surface area contributed by atoms with E-state index in [9.17, 15) is 4.79 Å². The van der Waals surface area contributed by atoms with Crippen molar-refractivity contribution in [3.8, 4) is 17.2 Å². The van der Waals surface area contributed by atoms with E-state index in [4.69, 9.17) is 25.8 Å². The summed E-state index contributed by atoms with van der Waals surface area (Å²) in [6.45, 7) is 1.94. The van der Waals surface area contributed by atoms with Gasteiger partial charge in [0.2, 0.25) is 5.75 Å². The minimum atomic E-state index is 0.0876. The molecule has 5 nitrogen and oxygen atoms in total. The second kappa shape index (κ2) is 11.6. The van der Waals surface area contributed by atoms with Crippen LogP contribution in [0.2, 0.25) is 5.02 Å². The molecule has 0 saturated carbocycles. The highest BCUT2D eigenvalue weighted by atomic mass is 35.5. The smallest absolute Gasteiger partial charge is 0.203 e. The summed E-state index contributed by atoms with van der Waals surface area (Å²) in [6, 6.07) is 21.1. The van der Waals surface area contributed by atoms with Crippen LogP contribution in [0.3, 0.4) is 0 Å². The summed E-state index contributed by atoms with van der Waals surface area (Å²) in [5.41, 5.74) is 2.86. The molecule has 6 heteroatoms. The van der Waals surface area contributed by atoms with Crippen LogP contribution in [0, 0.1) is 0 Å². The largest absolute Gasteiger partial charge is 0.493 e. The fourth-order valence-electron chi connectivity index (χ4n) is 3.58. The van der Waals surface area contributed by atoms with E-state index in [1.54, 1.807) is 45.6 Å². The number of ether oxygens (including phenoxy) is 3. The summed E-state index contributed by atoms with van der Waals surface area (Å²) in [6.07, 6.45) is 0.402. The zero-order chi connectivity index (χ0) is 22.9. The summed E-state index contributed by atoms with van der Waals surface area (Å²) in [5, 5.41) is 0.620. The van der Waals surface area contributed by atoms with Crippen LogP contribution >= 0.6 is 11.6 Å². The number of halogens is 1. The predicted molar refractivity (Wildman–Crippen MR) is 127 cm³/mol. The van der Waals surface area contributed by atoms with Gasteiger partial charge >= 0.3 is 0 Å². The Kier molecular flexibility index (Phi) is 8.54. The molecular formula is C26H28ClNO4. The van der Waals surface area contributed by atoms with Crippen molar-refractivity contribution in [1.29, 1.82) is 0 Å². The van der Waals surface area contributed by atoms with Crippen molar-refractivity contribution in [1.82, 2.24) is 4.90 Å². The van der Waals surface area contributed by atoms with Crippen LogP contribution in [-0.4, -0.2) is 38.6 Å². The first-order chi connectivity index (χ1) is 15.5. The summed E-state index contributed by atoms with van der Waals surface area (Å²) in [4.78, 5) is 15.0. The Labute approximate surface area is 194 Å². The van der Waals surface area contributed by atoms with Crippen LogP contribution in [0.1, 0.15) is 27.9 Å². The van der Waals surface area contributed by atoms with E-state index in [1.807, 2.05) is 30.3 Å². The Bertz CT molecular complexity index is 997. The van der Waals surface area contributed by atoms with Gasteiger partial charge in [-0.05, 0) is 47.5 Å². The van der Waals surface area contributed by atoms with Crippen LogP contribution in [0.25, 0.3) is 0 Å². The second-order valence-corrected chi connectivity index (χ2v) is 7.85. The molecule has 0 bridgehead atoms. The number of carbonyl (C=O) groups is 1. The lowest BCUT2D eigenvalue weighted by molar-refractivity contribution is 0.0960. The first kappa shape index (κ1) is 23.6. The normalized spacial score (nSPS) is 10.8. The third-order valence-corrected chi connectivity index (χ3v) is 5.45. The fraction of sp³-hybridized carbons (Fsp3) is 0.269. The SMILES string of the molecule is COc1cc(CN(CCC(=O)c2ccc(Cl)cc2)Cc2ccccc2)cc(OC)c1OC. The molecule has 0 amide bonds. The summed E-state index contributed by atoms with van der Waals surface area (Å²) >= 11 is 5.95. The van der Waals surface area contributed by atoms with Crippen molar-refractivity contribution in [3.63, 3.8) is 0 Å². The molecule has 0 aliphatic heterocycles. The van der Waals surface area contributed by atoms with Crippen molar-refractivity contribution in [2.24, 2.45) is 0 Å². The lowest BCUT2D eigenvalue weighted by atomic mass is 10.1. The molecule has 3 rings (SSSR count). The summed E-state index contributed by atoms with van der Waals surface area (Å²) in [7, 11) is 4.80. The molecule has 3 aromatic carbocycles. The number of nitrogens with zero attached hydrogens (tertiary/aromatic N) is 1. The molecule has 168 valence electrons. The van der Waals surface area contributed by atoms with Crippen molar-refractivity contribution in [3.05, 3.63) is 88.4 Å². The van der Waals surface area contributed by atoms with Gasteiger partial charge in [0.15, 0.2) is 17.3 Å². The van der Waals surface area contributed by atoms with E-state index in [0.29, 0.717) is 53.9 Å². The van der Waals surface area contributed by atoms with Gasteiger partial charge in [0.05, 0.1) is 21.3 Å². The molecule has 0 heterocycles. The molecule has 0 fully saturated rings. The van der Waals surface area contributed by atoms with E-state index in [0.717, 1.165) is 5.56 Å². The van der Waals surface area contributed by atoms with Crippen LogP contribution in [-0.2, 0) is 13.1 Å². The molecule has 0 radical (unpaired) electrons. The maximum atomic E-state index is 12.7. The molecule has 0 aliphatic carbocycles. The van der Waals surface area contributed by atoms with Gasteiger partial charge in [-0.1, -0.05) is 41.9 Å². The minimum absolute atomic E-state index is 0.0876. The summed E-state index contributed by atoms with van der Waals surface area (Å²) in [5.74, 6) is 1.87. The van der Waals surface area contributed by atoms with Crippen molar-refractivity contribution < 1.29 is 19.0 Å². The highest BCUT2D eigenvalue weighted by Crippen LogP contribution is 2.38. The van der Waals surface area contributed by atoms with Gasteiger partial charge in [-0.25, -0.2) is 0 Å². The first-order valence-electron chi connectivity index (χ1n) is 10.4. The molecule has 3 aromatic rings. The highest BCUT2D eigenvalue weighted by molar-refractivity contribution is 6.30. The van der Waals surface area contributed by atoms with E-state index >= 15 is 0 Å². The van der Waals surface area contributed by atoms with E-state index < -0.39 is 0 Å². The minimum Gasteiger partial charge on any atom is -0.493 e. The van der Waals surface area contributed by atoms with E-state index in [2.05, 4.69) is 17.0 Å². The second-order valence-electron chi connectivity index (χ2n) is 7.41. The monoisotopic (exact) mass is 453 g/mol. The van der Waals surface area contributed by atoms with Gasteiger partial charge in [-0.3, -0.25) is 9.69 Å². The number of rotatable bonds is 11. The Morgan fingerprint density at radius 3 is 1.97 bits per heavy atom. The number of methoxy groups -OCH3 is 3. The first-order valence-corrected chi connectivity index (χ1v) is 10.8. The molecule has 0 saturated heterocycles. The zero-order valence-electron chi connectivity index (χ0n) is 18.6. The number of hydrogen-bond acceptors (Lipinski definition) is 5. The third-order valence-electron chi connectivity index (χ3n) is 5.20. The number of ketones is 1. The summed E-state index contributed by atoms with van der Waals surface area (Å²) < 4.78 is 16.4. The molecular weight excluding hydrogens is 426 g/mol. The van der Waals surface area contributed by atoms with Gasteiger partial charge in [0, 0.05) is 36.6 Å². The average Bonchev–Trinajstić information content (AvgIpc) is 2.82. The predicted octanol–water partition coefficient (Wildman–Crippen LogP) is 5.64. The van der Waals surface area contributed by atoms with Crippen LogP contribution in [0.15, 0.2) is 66.7 Å². The topological polar surface area (TPSA) is 48.0 Å². The Balaban J connectivity index is 1.80. The average molecular weight is 454 g/mol. The van der Waals surface area contributed by atoms with Crippen LogP contribution < -0.4 is 14.2 Å². The molecule has 0 atom stereocenters. The van der Waals surface area contributed by atoms with Gasteiger partial charge < -0.3 is 14.2 Å². The molecule has 0 unspecified atom stereocenters. The van der Waals surface area contributed by atoms with Crippen molar-refractivity contribution in [2.45, 2.75) is 19.5 Å². The van der Waals surface area contributed by atoms with Gasteiger partial charge in [-0.15, -0.1) is 0 Å². The number of hydrogen-bond donors (Lipinski definition) is 0.